The zero-order chi connectivity index (χ0) is 16.6. The quantitative estimate of drug-likeness (QED) is 0.947. The third-order valence-electron chi connectivity index (χ3n) is 4.09. The number of Topliss-reactive ketones (excluding diaryl/α,β-unsaturated/α-hetero) is 1. The molecule has 1 heterocycles. The maximum absolute atomic E-state index is 12.4. The summed E-state index contributed by atoms with van der Waals surface area (Å²) in [5, 5.41) is 2.74. The van der Waals surface area contributed by atoms with Gasteiger partial charge in [-0.05, 0) is 29.5 Å². The van der Waals surface area contributed by atoms with Crippen LogP contribution in [-0.4, -0.2) is 21.2 Å². The number of imidazole rings is 1. The van der Waals surface area contributed by atoms with E-state index in [2.05, 4.69) is 24.1 Å². The molecule has 0 atom stereocenters. The fourth-order valence-electron chi connectivity index (χ4n) is 3.12. The van der Waals surface area contributed by atoms with Crippen LogP contribution in [0.25, 0.3) is 0 Å². The van der Waals surface area contributed by atoms with E-state index in [4.69, 9.17) is 0 Å². The van der Waals surface area contributed by atoms with Crippen LogP contribution in [0.4, 0.5) is 5.69 Å². The first-order valence-corrected chi connectivity index (χ1v) is 7.78. The second kappa shape index (κ2) is 5.65. The summed E-state index contributed by atoms with van der Waals surface area (Å²) in [7, 11) is 0. The van der Waals surface area contributed by atoms with E-state index in [-0.39, 0.29) is 17.1 Å². The van der Waals surface area contributed by atoms with Gasteiger partial charge in [0.1, 0.15) is 5.69 Å². The SMILES string of the molecule is CC(=O)Nc1ccc(Cn2cnc3c2C(=O)CC(C)(C)C3)cc1. The van der Waals surface area contributed by atoms with E-state index in [0.717, 1.165) is 29.1 Å². The van der Waals surface area contributed by atoms with Crippen LogP contribution in [0, 0.1) is 5.41 Å². The zero-order valence-electron chi connectivity index (χ0n) is 13.7. The number of rotatable bonds is 3. The number of fused-ring (bicyclic) bond motifs is 1. The number of nitrogens with one attached hydrogen (secondary N) is 1. The summed E-state index contributed by atoms with van der Waals surface area (Å²) in [6, 6.07) is 7.64. The maximum Gasteiger partial charge on any atom is 0.221 e. The van der Waals surface area contributed by atoms with Crippen molar-refractivity contribution in [2.24, 2.45) is 5.41 Å². The van der Waals surface area contributed by atoms with Gasteiger partial charge < -0.3 is 9.88 Å². The number of benzene rings is 1. The number of hydrogen-bond donors (Lipinski definition) is 1. The second-order valence-electron chi connectivity index (χ2n) is 6.99. The van der Waals surface area contributed by atoms with E-state index in [9.17, 15) is 9.59 Å². The number of hydrogen-bond acceptors (Lipinski definition) is 3. The Morgan fingerprint density at radius 1 is 1.26 bits per heavy atom. The van der Waals surface area contributed by atoms with Gasteiger partial charge in [0.2, 0.25) is 5.91 Å². The number of carbonyl (C=O) groups excluding carboxylic acids is 2. The minimum absolute atomic E-state index is 0.0106. The monoisotopic (exact) mass is 311 g/mol. The Labute approximate surface area is 135 Å². The molecule has 0 aliphatic heterocycles. The van der Waals surface area contributed by atoms with Gasteiger partial charge in [0, 0.05) is 25.6 Å². The summed E-state index contributed by atoms with van der Waals surface area (Å²) in [5.74, 6) is 0.0817. The van der Waals surface area contributed by atoms with Gasteiger partial charge in [-0.1, -0.05) is 26.0 Å². The van der Waals surface area contributed by atoms with Crippen molar-refractivity contribution in [3.05, 3.63) is 47.5 Å². The standard InChI is InChI=1S/C18H21N3O2/c1-12(22)20-14-6-4-13(5-7-14)10-21-11-19-15-8-18(2,3)9-16(23)17(15)21/h4-7,11H,8-10H2,1-3H3,(H,20,22). The average molecular weight is 311 g/mol. The van der Waals surface area contributed by atoms with Crippen LogP contribution in [0.1, 0.15) is 48.9 Å². The van der Waals surface area contributed by atoms with Gasteiger partial charge in [-0.15, -0.1) is 0 Å². The molecule has 1 aromatic heterocycles. The first kappa shape index (κ1) is 15.5. The molecule has 0 saturated carbocycles. The lowest BCUT2D eigenvalue weighted by molar-refractivity contribution is -0.114. The Morgan fingerprint density at radius 2 is 1.96 bits per heavy atom. The molecule has 0 spiro atoms. The highest BCUT2D eigenvalue weighted by Crippen LogP contribution is 2.34. The number of ketones is 1. The predicted octanol–water partition coefficient (Wildman–Crippen LogP) is 3.04. The smallest absolute Gasteiger partial charge is 0.221 e. The molecule has 0 unspecified atom stereocenters. The van der Waals surface area contributed by atoms with Crippen molar-refractivity contribution in [1.29, 1.82) is 0 Å². The van der Waals surface area contributed by atoms with Crippen molar-refractivity contribution < 1.29 is 9.59 Å². The third-order valence-corrected chi connectivity index (χ3v) is 4.09. The summed E-state index contributed by atoms with van der Waals surface area (Å²) in [6.07, 6.45) is 3.15. The fraction of sp³-hybridized carbons (Fsp3) is 0.389. The molecule has 5 heteroatoms. The van der Waals surface area contributed by atoms with Crippen LogP contribution in [0.2, 0.25) is 0 Å². The Kier molecular flexibility index (Phi) is 3.80. The minimum atomic E-state index is -0.0883. The van der Waals surface area contributed by atoms with Gasteiger partial charge >= 0.3 is 0 Å². The number of amides is 1. The Bertz CT molecular complexity index is 757. The van der Waals surface area contributed by atoms with E-state index in [1.165, 1.54) is 6.92 Å². The lowest BCUT2D eigenvalue weighted by Gasteiger charge is -2.28. The van der Waals surface area contributed by atoms with Crippen molar-refractivity contribution in [2.75, 3.05) is 5.32 Å². The highest BCUT2D eigenvalue weighted by Gasteiger charge is 2.34. The van der Waals surface area contributed by atoms with Crippen molar-refractivity contribution in [3.63, 3.8) is 0 Å². The summed E-state index contributed by atoms with van der Waals surface area (Å²) in [6.45, 7) is 6.30. The Morgan fingerprint density at radius 3 is 2.61 bits per heavy atom. The van der Waals surface area contributed by atoms with Crippen molar-refractivity contribution in [1.82, 2.24) is 9.55 Å². The third kappa shape index (κ3) is 3.33. The summed E-state index contributed by atoms with van der Waals surface area (Å²) in [4.78, 5) is 27.9. The highest BCUT2D eigenvalue weighted by atomic mass is 16.1. The van der Waals surface area contributed by atoms with Gasteiger partial charge in [0.25, 0.3) is 0 Å². The lowest BCUT2D eigenvalue weighted by atomic mass is 9.77. The first-order valence-electron chi connectivity index (χ1n) is 7.78. The molecule has 1 aromatic carbocycles. The first-order chi connectivity index (χ1) is 10.8. The number of nitrogens with zero attached hydrogens (tertiary/aromatic N) is 2. The lowest BCUT2D eigenvalue weighted by Crippen LogP contribution is -2.28. The molecule has 23 heavy (non-hydrogen) atoms. The molecular formula is C18H21N3O2. The van der Waals surface area contributed by atoms with Crippen molar-refractivity contribution >= 4 is 17.4 Å². The summed E-state index contributed by atoms with van der Waals surface area (Å²) in [5.41, 5.74) is 3.48. The molecule has 0 fully saturated rings. The average Bonchev–Trinajstić information content (AvgIpc) is 2.82. The molecule has 1 N–H and O–H groups in total. The highest BCUT2D eigenvalue weighted by molar-refractivity contribution is 5.97. The predicted molar refractivity (Wildman–Crippen MR) is 88.5 cm³/mol. The largest absolute Gasteiger partial charge is 0.326 e. The molecule has 3 rings (SSSR count). The number of aromatic nitrogens is 2. The fourth-order valence-corrected chi connectivity index (χ4v) is 3.12. The van der Waals surface area contributed by atoms with Crippen LogP contribution in [0.5, 0.6) is 0 Å². The van der Waals surface area contributed by atoms with Gasteiger partial charge in [-0.2, -0.15) is 0 Å². The number of carbonyl (C=O) groups is 2. The maximum atomic E-state index is 12.4. The van der Waals surface area contributed by atoms with Crippen molar-refractivity contribution in [3.8, 4) is 0 Å². The normalized spacial score (nSPS) is 16.0. The van der Waals surface area contributed by atoms with Crippen LogP contribution >= 0.6 is 0 Å². The molecule has 0 saturated heterocycles. The van der Waals surface area contributed by atoms with E-state index >= 15 is 0 Å². The molecule has 1 aliphatic rings. The summed E-state index contributed by atoms with van der Waals surface area (Å²) < 4.78 is 1.93. The molecule has 0 bridgehead atoms. The van der Waals surface area contributed by atoms with Crippen LogP contribution < -0.4 is 5.32 Å². The molecule has 1 amide bonds. The zero-order valence-corrected chi connectivity index (χ0v) is 13.7. The Hall–Kier alpha value is -2.43. The van der Waals surface area contributed by atoms with E-state index < -0.39 is 0 Å². The molecule has 0 radical (unpaired) electrons. The van der Waals surface area contributed by atoms with Crippen LogP contribution in [-0.2, 0) is 17.8 Å². The van der Waals surface area contributed by atoms with E-state index in [1.54, 1.807) is 6.33 Å². The topological polar surface area (TPSA) is 64.0 Å². The minimum Gasteiger partial charge on any atom is -0.326 e. The second-order valence-corrected chi connectivity index (χ2v) is 6.99. The summed E-state index contributed by atoms with van der Waals surface area (Å²) >= 11 is 0. The molecular weight excluding hydrogens is 290 g/mol. The molecule has 5 nitrogen and oxygen atoms in total. The van der Waals surface area contributed by atoms with E-state index in [0.29, 0.717) is 13.0 Å². The Balaban J connectivity index is 1.81. The van der Waals surface area contributed by atoms with Gasteiger partial charge in [-0.3, -0.25) is 9.59 Å². The van der Waals surface area contributed by atoms with E-state index in [1.807, 2.05) is 28.8 Å². The molecule has 1 aliphatic carbocycles. The molecule has 2 aromatic rings. The van der Waals surface area contributed by atoms with Gasteiger partial charge in [-0.25, -0.2) is 4.98 Å². The molecule has 120 valence electrons. The van der Waals surface area contributed by atoms with Gasteiger partial charge in [0.15, 0.2) is 5.78 Å². The van der Waals surface area contributed by atoms with Gasteiger partial charge in [0.05, 0.1) is 12.0 Å². The van der Waals surface area contributed by atoms with Crippen molar-refractivity contribution in [2.45, 2.75) is 40.2 Å². The number of anilines is 1. The van der Waals surface area contributed by atoms with Crippen LogP contribution in [0.15, 0.2) is 30.6 Å². The van der Waals surface area contributed by atoms with Crippen LogP contribution in [0.3, 0.4) is 0 Å².